The lowest BCUT2D eigenvalue weighted by Crippen LogP contribution is -2.37. The molecule has 4 nitrogen and oxygen atoms in total. The molecule has 0 N–H and O–H groups in total. The highest BCUT2D eigenvalue weighted by atomic mass is 19.4. The highest BCUT2D eigenvalue weighted by molar-refractivity contribution is 5.24. The number of ether oxygens (including phenoxy) is 1. The molecular formula is C18H20F3N3O. The Morgan fingerprint density at radius 1 is 1.16 bits per heavy atom. The summed E-state index contributed by atoms with van der Waals surface area (Å²) in [6.45, 7) is 3.03. The molecule has 7 heteroatoms. The third-order valence-corrected chi connectivity index (χ3v) is 4.30. The smallest absolute Gasteiger partial charge is 0.416 e. The number of aromatic nitrogens is 2. The first-order valence-corrected chi connectivity index (χ1v) is 8.28. The fourth-order valence-electron chi connectivity index (χ4n) is 3.05. The van der Waals surface area contributed by atoms with Crippen LogP contribution in [0.15, 0.2) is 42.9 Å². The summed E-state index contributed by atoms with van der Waals surface area (Å²) in [6.07, 6.45) is 2.61. The van der Waals surface area contributed by atoms with Crippen molar-refractivity contribution in [2.45, 2.75) is 25.6 Å². The van der Waals surface area contributed by atoms with Crippen LogP contribution in [0.25, 0.3) is 0 Å². The van der Waals surface area contributed by atoms with Gasteiger partial charge in [-0.05, 0) is 37.1 Å². The fourth-order valence-corrected chi connectivity index (χ4v) is 3.05. The zero-order valence-electron chi connectivity index (χ0n) is 13.7. The van der Waals surface area contributed by atoms with Crippen molar-refractivity contribution in [1.29, 1.82) is 0 Å². The normalized spacial score (nSPS) is 18.9. The topological polar surface area (TPSA) is 38.2 Å². The van der Waals surface area contributed by atoms with Gasteiger partial charge in [0.1, 0.15) is 0 Å². The van der Waals surface area contributed by atoms with E-state index in [1.54, 1.807) is 30.7 Å². The van der Waals surface area contributed by atoms with Crippen molar-refractivity contribution in [2.24, 2.45) is 5.92 Å². The summed E-state index contributed by atoms with van der Waals surface area (Å²) < 4.78 is 43.5. The summed E-state index contributed by atoms with van der Waals surface area (Å²) in [5, 5.41) is 0. The van der Waals surface area contributed by atoms with Crippen molar-refractivity contribution < 1.29 is 17.9 Å². The SMILES string of the molecule is FC(F)(F)c1ccc(CN2CCCC(COc3cnccn3)C2)cc1. The Labute approximate surface area is 144 Å². The average Bonchev–Trinajstić information content (AvgIpc) is 2.61. The standard InChI is InChI=1S/C18H20F3N3O/c19-18(20,21)16-5-3-14(4-6-16)11-24-9-1-2-15(12-24)13-25-17-10-22-7-8-23-17/h3-8,10,15H,1-2,9,11-13H2. The maximum Gasteiger partial charge on any atom is 0.416 e. The van der Waals surface area contributed by atoms with Crippen LogP contribution in [-0.2, 0) is 12.7 Å². The summed E-state index contributed by atoms with van der Waals surface area (Å²) in [4.78, 5) is 10.3. The van der Waals surface area contributed by atoms with Gasteiger partial charge in [-0.25, -0.2) is 4.98 Å². The van der Waals surface area contributed by atoms with Gasteiger partial charge in [0.05, 0.1) is 18.4 Å². The lowest BCUT2D eigenvalue weighted by molar-refractivity contribution is -0.137. The zero-order valence-corrected chi connectivity index (χ0v) is 13.7. The van der Waals surface area contributed by atoms with Crippen molar-refractivity contribution in [3.63, 3.8) is 0 Å². The van der Waals surface area contributed by atoms with Gasteiger partial charge >= 0.3 is 6.18 Å². The lowest BCUT2D eigenvalue weighted by Gasteiger charge is -2.32. The molecule has 1 aliphatic rings. The van der Waals surface area contributed by atoms with E-state index in [4.69, 9.17) is 4.74 Å². The first-order valence-electron chi connectivity index (χ1n) is 8.28. The molecule has 0 radical (unpaired) electrons. The summed E-state index contributed by atoms with van der Waals surface area (Å²) in [5.41, 5.74) is 0.286. The Morgan fingerprint density at radius 2 is 1.96 bits per heavy atom. The van der Waals surface area contributed by atoms with Gasteiger partial charge in [-0.1, -0.05) is 12.1 Å². The number of nitrogens with zero attached hydrogens (tertiary/aromatic N) is 3. The predicted octanol–water partition coefficient (Wildman–Crippen LogP) is 3.79. The second kappa shape index (κ2) is 7.82. The number of halogens is 3. The van der Waals surface area contributed by atoms with E-state index in [9.17, 15) is 13.2 Å². The van der Waals surface area contributed by atoms with Gasteiger partial charge in [-0.15, -0.1) is 0 Å². The van der Waals surface area contributed by atoms with Crippen molar-refractivity contribution in [3.05, 3.63) is 54.0 Å². The first kappa shape index (κ1) is 17.7. The Hall–Kier alpha value is -2.15. The quantitative estimate of drug-likeness (QED) is 0.822. The molecule has 1 aliphatic heterocycles. The Morgan fingerprint density at radius 3 is 2.64 bits per heavy atom. The Kier molecular flexibility index (Phi) is 5.53. The van der Waals surface area contributed by atoms with Crippen LogP contribution in [-0.4, -0.2) is 34.6 Å². The van der Waals surface area contributed by atoms with Crippen molar-refractivity contribution in [2.75, 3.05) is 19.7 Å². The van der Waals surface area contributed by atoms with Crippen LogP contribution >= 0.6 is 0 Å². The maximum absolute atomic E-state index is 12.6. The molecule has 0 bridgehead atoms. The number of likely N-dealkylation sites (tertiary alicyclic amines) is 1. The molecule has 2 aromatic rings. The van der Waals surface area contributed by atoms with Gasteiger partial charge in [-0.2, -0.15) is 13.2 Å². The van der Waals surface area contributed by atoms with Crippen LogP contribution in [0.5, 0.6) is 5.88 Å². The van der Waals surface area contributed by atoms with E-state index >= 15 is 0 Å². The average molecular weight is 351 g/mol. The van der Waals surface area contributed by atoms with Crippen molar-refractivity contribution >= 4 is 0 Å². The van der Waals surface area contributed by atoms with Gasteiger partial charge in [0, 0.05) is 31.4 Å². The second-order valence-corrected chi connectivity index (χ2v) is 6.29. The fraction of sp³-hybridized carbons (Fsp3) is 0.444. The molecule has 1 fully saturated rings. The molecule has 0 amide bonds. The lowest BCUT2D eigenvalue weighted by atomic mass is 9.98. The van der Waals surface area contributed by atoms with Crippen LogP contribution in [0, 0.1) is 5.92 Å². The van der Waals surface area contributed by atoms with Gasteiger partial charge in [-0.3, -0.25) is 9.88 Å². The molecule has 134 valence electrons. The first-order chi connectivity index (χ1) is 12.0. The molecule has 25 heavy (non-hydrogen) atoms. The van der Waals surface area contributed by atoms with E-state index in [2.05, 4.69) is 14.9 Å². The minimum atomic E-state index is -4.29. The van der Waals surface area contributed by atoms with Crippen LogP contribution in [0.3, 0.4) is 0 Å². The molecule has 1 saturated heterocycles. The minimum absolute atomic E-state index is 0.380. The predicted molar refractivity (Wildman–Crippen MR) is 87.0 cm³/mol. The van der Waals surface area contributed by atoms with Crippen LogP contribution in [0.4, 0.5) is 13.2 Å². The van der Waals surface area contributed by atoms with E-state index in [-0.39, 0.29) is 0 Å². The molecule has 1 unspecified atom stereocenters. The molecule has 3 rings (SSSR count). The van der Waals surface area contributed by atoms with Gasteiger partial charge in [0.25, 0.3) is 0 Å². The van der Waals surface area contributed by atoms with Gasteiger partial charge in [0.15, 0.2) is 0 Å². The van der Waals surface area contributed by atoms with Gasteiger partial charge in [0.2, 0.25) is 5.88 Å². The van der Waals surface area contributed by atoms with Gasteiger partial charge < -0.3 is 4.74 Å². The second-order valence-electron chi connectivity index (χ2n) is 6.29. The molecular weight excluding hydrogens is 331 g/mol. The number of benzene rings is 1. The molecule has 2 heterocycles. The highest BCUT2D eigenvalue weighted by Gasteiger charge is 2.30. The van der Waals surface area contributed by atoms with Crippen molar-refractivity contribution in [1.82, 2.24) is 14.9 Å². The minimum Gasteiger partial charge on any atom is -0.476 e. The van der Waals surface area contributed by atoms with Crippen molar-refractivity contribution in [3.8, 4) is 5.88 Å². The van der Waals surface area contributed by atoms with E-state index in [0.717, 1.165) is 43.6 Å². The zero-order chi connectivity index (χ0) is 17.7. The summed E-state index contributed by atoms with van der Waals surface area (Å²) >= 11 is 0. The number of hydrogen-bond acceptors (Lipinski definition) is 4. The third-order valence-electron chi connectivity index (χ3n) is 4.30. The summed E-state index contributed by atoms with van der Waals surface area (Å²) in [6, 6.07) is 5.41. The molecule has 0 saturated carbocycles. The molecule has 0 aliphatic carbocycles. The number of piperidine rings is 1. The van der Waals surface area contributed by atoms with E-state index < -0.39 is 11.7 Å². The summed E-state index contributed by atoms with van der Waals surface area (Å²) in [5.74, 6) is 0.896. The monoisotopic (exact) mass is 351 g/mol. The van der Waals surface area contributed by atoms with Crippen LogP contribution in [0.1, 0.15) is 24.0 Å². The molecule has 1 atom stereocenters. The third kappa shape index (κ3) is 5.16. The highest BCUT2D eigenvalue weighted by Crippen LogP contribution is 2.29. The van der Waals surface area contributed by atoms with E-state index in [1.165, 1.54) is 0 Å². The molecule has 1 aromatic carbocycles. The van der Waals surface area contributed by atoms with Crippen LogP contribution < -0.4 is 4.74 Å². The Bertz CT molecular complexity index is 662. The maximum atomic E-state index is 12.6. The van der Waals surface area contributed by atoms with Crippen LogP contribution in [0.2, 0.25) is 0 Å². The van der Waals surface area contributed by atoms with E-state index in [1.807, 2.05) is 0 Å². The number of hydrogen-bond donors (Lipinski definition) is 0. The largest absolute Gasteiger partial charge is 0.476 e. The van der Waals surface area contributed by atoms with E-state index in [0.29, 0.717) is 24.9 Å². The Balaban J connectivity index is 1.51. The number of alkyl halides is 3. The summed E-state index contributed by atoms with van der Waals surface area (Å²) in [7, 11) is 0. The number of rotatable bonds is 5. The molecule has 1 aromatic heterocycles. The molecule has 0 spiro atoms.